The number of carbonyl (C=O) groups is 1. The zero-order chi connectivity index (χ0) is 14.3. The highest BCUT2D eigenvalue weighted by Crippen LogP contribution is 2.38. The van der Waals surface area contributed by atoms with Gasteiger partial charge in [0.15, 0.2) is 11.5 Å². The second kappa shape index (κ2) is 7.89. The van der Waals surface area contributed by atoms with E-state index in [1.807, 2.05) is 13.8 Å². The van der Waals surface area contributed by atoms with Crippen molar-refractivity contribution in [1.82, 2.24) is 0 Å². The van der Waals surface area contributed by atoms with Crippen molar-refractivity contribution < 1.29 is 14.3 Å². The van der Waals surface area contributed by atoms with Gasteiger partial charge in [-0.05, 0) is 19.4 Å². The molecular weight excluding hydrogens is 266 g/mol. The molecular formula is C14H20ClNO3. The van der Waals surface area contributed by atoms with Gasteiger partial charge in [-0.3, -0.25) is 4.79 Å². The summed E-state index contributed by atoms with van der Waals surface area (Å²) in [5, 5.41) is 3.19. The summed E-state index contributed by atoms with van der Waals surface area (Å²) in [6.07, 6.45) is 1.30. The Bertz CT molecular complexity index is 435. The number of rotatable bonds is 7. The molecule has 0 saturated carbocycles. The van der Waals surface area contributed by atoms with Gasteiger partial charge in [0.25, 0.3) is 0 Å². The highest BCUT2D eigenvalue weighted by molar-refractivity contribution is 6.32. The molecule has 0 aromatic heterocycles. The number of benzene rings is 1. The minimum absolute atomic E-state index is 0.0688. The van der Waals surface area contributed by atoms with Gasteiger partial charge in [-0.25, -0.2) is 0 Å². The molecule has 4 nitrogen and oxygen atoms in total. The Labute approximate surface area is 119 Å². The molecule has 0 fully saturated rings. The summed E-state index contributed by atoms with van der Waals surface area (Å²) < 4.78 is 11.1. The third kappa shape index (κ3) is 4.63. The van der Waals surface area contributed by atoms with Crippen molar-refractivity contribution in [1.29, 1.82) is 0 Å². The standard InChI is InChI=1S/C14H20ClNO3/c1-4-7-19-14-11(15)8-10(16-13(17)5-2)9-12(14)18-6-3/h8-9H,4-7H2,1-3H3,(H,16,17). The van der Waals surface area contributed by atoms with Gasteiger partial charge in [0.2, 0.25) is 5.91 Å². The van der Waals surface area contributed by atoms with Gasteiger partial charge in [0, 0.05) is 18.2 Å². The molecule has 1 rings (SSSR count). The number of nitrogens with one attached hydrogen (secondary N) is 1. The van der Waals surface area contributed by atoms with E-state index in [9.17, 15) is 4.79 Å². The van der Waals surface area contributed by atoms with Crippen LogP contribution in [-0.4, -0.2) is 19.1 Å². The van der Waals surface area contributed by atoms with Gasteiger partial charge in [0.1, 0.15) is 0 Å². The topological polar surface area (TPSA) is 47.6 Å². The fourth-order valence-electron chi connectivity index (χ4n) is 1.50. The summed E-state index contributed by atoms with van der Waals surface area (Å²) in [5.41, 5.74) is 0.615. The molecule has 0 heterocycles. The smallest absolute Gasteiger partial charge is 0.224 e. The number of ether oxygens (including phenoxy) is 2. The van der Waals surface area contributed by atoms with Crippen molar-refractivity contribution in [3.63, 3.8) is 0 Å². The lowest BCUT2D eigenvalue weighted by Gasteiger charge is -2.15. The van der Waals surface area contributed by atoms with Crippen LogP contribution in [0.1, 0.15) is 33.6 Å². The molecule has 0 aliphatic carbocycles. The Morgan fingerprint density at radius 3 is 2.58 bits per heavy atom. The quantitative estimate of drug-likeness (QED) is 0.827. The zero-order valence-corrected chi connectivity index (χ0v) is 12.3. The second-order valence-corrected chi connectivity index (χ2v) is 4.38. The Balaban J connectivity index is 3.02. The maximum atomic E-state index is 11.4. The van der Waals surface area contributed by atoms with E-state index in [0.717, 1.165) is 6.42 Å². The first-order valence-electron chi connectivity index (χ1n) is 6.51. The van der Waals surface area contributed by atoms with E-state index < -0.39 is 0 Å². The molecule has 1 N–H and O–H groups in total. The van der Waals surface area contributed by atoms with E-state index in [1.54, 1.807) is 19.1 Å². The maximum Gasteiger partial charge on any atom is 0.224 e. The fraction of sp³-hybridized carbons (Fsp3) is 0.500. The summed E-state index contributed by atoms with van der Waals surface area (Å²) in [6.45, 7) is 6.77. The van der Waals surface area contributed by atoms with Crippen LogP contribution in [0, 0.1) is 0 Å². The molecule has 1 amide bonds. The Morgan fingerprint density at radius 1 is 1.26 bits per heavy atom. The maximum absolute atomic E-state index is 11.4. The highest BCUT2D eigenvalue weighted by atomic mass is 35.5. The molecule has 0 unspecified atom stereocenters. The van der Waals surface area contributed by atoms with Gasteiger partial charge in [-0.2, -0.15) is 0 Å². The first-order chi connectivity index (χ1) is 9.12. The van der Waals surface area contributed by atoms with Crippen molar-refractivity contribution in [3.05, 3.63) is 17.2 Å². The number of hydrogen-bond donors (Lipinski definition) is 1. The number of anilines is 1. The average molecular weight is 286 g/mol. The van der Waals surface area contributed by atoms with Gasteiger partial charge in [0.05, 0.1) is 18.2 Å². The number of amides is 1. The lowest BCUT2D eigenvalue weighted by atomic mass is 10.2. The van der Waals surface area contributed by atoms with E-state index in [-0.39, 0.29) is 5.91 Å². The first-order valence-corrected chi connectivity index (χ1v) is 6.89. The average Bonchev–Trinajstić information content (AvgIpc) is 2.38. The molecule has 1 aromatic carbocycles. The van der Waals surface area contributed by atoms with Crippen LogP contribution >= 0.6 is 11.6 Å². The van der Waals surface area contributed by atoms with Gasteiger partial charge >= 0.3 is 0 Å². The molecule has 0 atom stereocenters. The van der Waals surface area contributed by atoms with Gasteiger partial charge < -0.3 is 14.8 Å². The van der Waals surface area contributed by atoms with E-state index >= 15 is 0 Å². The lowest BCUT2D eigenvalue weighted by Crippen LogP contribution is -2.10. The minimum atomic E-state index is -0.0688. The monoisotopic (exact) mass is 285 g/mol. The summed E-state index contributed by atoms with van der Waals surface area (Å²) in [5.74, 6) is 1.01. The van der Waals surface area contributed by atoms with E-state index in [0.29, 0.717) is 41.8 Å². The number of hydrogen-bond acceptors (Lipinski definition) is 3. The predicted octanol–water partition coefficient (Wildman–Crippen LogP) is 3.88. The highest BCUT2D eigenvalue weighted by Gasteiger charge is 2.13. The van der Waals surface area contributed by atoms with Crippen LogP contribution in [0.25, 0.3) is 0 Å². The third-order valence-corrected chi connectivity index (χ3v) is 2.65. The fourth-order valence-corrected chi connectivity index (χ4v) is 1.76. The molecule has 0 aliphatic rings. The summed E-state index contributed by atoms with van der Waals surface area (Å²) >= 11 is 6.18. The molecule has 0 saturated heterocycles. The van der Waals surface area contributed by atoms with E-state index in [4.69, 9.17) is 21.1 Å². The van der Waals surface area contributed by atoms with Crippen molar-refractivity contribution in [2.75, 3.05) is 18.5 Å². The molecule has 19 heavy (non-hydrogen) atoms. The van der Waals surface area contributed by atoms with Gasteiger partial charge in [-0.1, -0.05) is 25.4 Å². The van der Waals surface area contributed by atoms with Crippen LogP contribution in [-0.2, 0) is 4.79 Å². The van der Waals surface area contributed by atoms with Crippen LogP contribution in [0.3, 0.4) is 0 Å². The predicted molar refractivity (Wildman–Crippen MR) is 77.3 cm³/mol. The summed E-state index contributed by atoms with van der Waals surface area (Å²) in [4.78, 5) is 11.4. The number of carbonyl (C=O) groups excluding carboxylic acids is 1. The Morgan fingerprint density at radius 2 is 2.00 bits per heavy atom. The second-order valence-electron chi connectivity index (χ2n) is 3.97. The molecule has 0 radical (unpaired) electrons. The normalized spacial score (nSPS) is 10.1. The van der Waals surface area contributed by atoms with Crippen molar-refractivity contribution in [3.8, 4) is 11.5 Å². The number of halogens is 1. The summed E-state index contributed by atoms with van der Waals surface area (Å²) in [7, 11) is 0. The van der Waals surface area contributed by atoms with Crippen LogP contribution < -0.4 is 14.8 Å². The molecule has 5 heteroatoms. The molecule has 0 bridgehead atoms. The van der Waals surface area contributed by atoms with Crippen LogP contribution in [0.15, 0.2) is 12.1 Å². The van der Waals surface area contributed by atoms with Crippen molar-refractivity contribution in [2.45, 2.75) is 33.6 Å². The first kappa shape index (κ1) is 15.6. The minimum Gasteiger partial charge on any atom is -0.490 e. The molecule has 106 valence electrons. The Kier molecular flexibility index (Phi) is 6.50. The largest absolute Gasteiger partial charge is 0.490 e. The molecule has 0 spiro atoms. The lowest BCUT2D eigenvalue weighted by molar-refractivity contribution is -0.115. The van der Waals surface area contributed by atoms with Crippen molar-refractivity contribution in [2.24, 2.45) is 0 Å². The van der Waals surface area contributed by atoms with Crippen molar-refractivity contribution >= 4 is 23.2 Å². The van der Waals surface area contributed by atoms with E-state index in [1.165, 1.54) is 0 Å². The SMILES string of the molecule is CCCOc1c(Cl)cc(NC(=O)CC)cc1OCC. The van der Waals surface area contributed by atoms with Crippen LogP contribution in [0.4, 0.5) is 5.69 Å². The molecule has 0 aliphatic heterocycles. The van der Waals surface area contributed by atoms with Gasteiger partial charge in [-0.15, -0.1) is 0 Å². The third-order valence-electron chi connectivity index (χ3n) is 2.36. The van der Waals surface area contributed by atoms with Crippen LogP contribution in [0.5, 0.6) is 11.5 Å². The van der Waals surface area contributed by atoms with Crippen LogP contribution in [0.2, 0.25) is 5.02 Å². The summed E-state index contributed by atoms with van der Waals surface area (Å²) in [6, 6.07) is 3.40. The molecule has 1 aromatic rings. The van der Waals surface area contributed by atoms with E-state index in [2.05, 4.69) is 5.32 Å². The Hall–Kier alpha value is -1.42. The zero-order valence-electron chi connectivity index (χ0n) is 11.6.